The summed E-state index contributed by atoms with van der Waals surface area (Å²) in [6.45, 7) is 2.23. The zero-order valence-corrected chi connectivity index (χ0v) is 35.7. The van der Waals surface area contributed by atoms with Gasteiger partial charge in [0.25, 0.3) is 5.91 Å². The predicted molar refractivity (Wildman–Crippen MR) is 231 cm³/mol. The van der Waals surface area contributed by atoms with Crippen molar-refractivity contribution in [2.24, 2.45) is 5.92 Å². The lowest BCUT2D eigenvalue weighted by molar-refractivity contribution is -0.174. The maximum atomic E-state index is 14.1. The van der Waals surface area contributed by atoms with Gasteiger partial charge in [0.15, 0.2) is 23.1 Å². The van der Waals surface area contributed by atoms with Crippen LogP contribution < -0.4 is 19.5 Å². The Labute approximate surface area is 362 Å². The van der Waals surface area contributed by atoms with Gasteiger partial charge in [-0.25, -0.2) is 9.97 Å². The number of amides is 1. The maximum Gasteiger partial charge on any atom is 0.411 e. The Morgan fingerprint density at radius 1 is 0.889 bits per heavy atom. The number of fused-ring (bicyclic) bond motifs is 2. The van der Waals surface area contributed by atoms with Gasteiger partial charge in [-0.3, -0.25) is 14.4 Å². The Morgan fingerprint density at radius 2 is 1.59 bits per heavy atom. The summed E-state index contributed by atoms with van der Waals surface area (Å²) in [7, 11) is 4.52. The van der Waals surface area contributed by atoms with Crippen LogP contribution in [0.4, 0.5) is 13.2 Å². The number of aromatic amines is 1. The number of alkyl halides is 3. The van der Waals surface area contributed by atoms with Crippen molar-refractivity contribution in [2.45, 2.75) is 57.3 Å². The van der Waals surface area contributed by atoms with E-state index < -0.39 is 18.6 Å². The molecule has 1 amide bonds. The number of benzene rings is 4. The van der Waals surface area contributed by atoms with Crippen LogP contribution in [-0.4, -0.2) is 108 Å². The van der Waals surface area contributed by atoms with Gasteiger partial charge in [0, 0.05) is 36.5 Å². The number of aromatic nitrogens is 4. The van der Waals surface area contributed by atoms with Crippen LogP contribution in [0.15, 0.2) is 84.9 Å². The largest absolute Gasteiger partial charge is 0.493 e. The van der Waals surface area contributed by atoms with Crippen molar-refractivity contribution < 1.29 is 46.5 Å². The van der Waals surface area contributed by atoms with E-state index in [2.05, 4.69) is 44.2 Å². The Morgan fingerprint density at radius 3 is 2.25 bits per heavy atom. The molecule has 332 valence electrons. The molecule has 0 bridgehead atoms. The van der Waals surface area contributed by atoms with E-state index in [1.54, 1.807) is 59.2 Å². The van der Waals surface area contributed by atoms with E-state index in [0.717, 1.165) is 18.4 Å². The van der Waals surface area contributed by atoms with Crippen LogP contribution in [0, 0.1) is 5.92 Å². The van der Waals surface area contributed by atoms with Crippen LogP contribution in [0.1, 0.15) is 81.2 Å². The van der Waals surface area contributed by atoms with Crippen molar-refractivity contribution in [3.8, 4) is 17.2 Å². The lowest BCUT2D eigenvalue weighted by Crippen LogP contribution is -2.44. The number of carbonyl (C=O) groups is 3. The molecule has 1 aliphatic rings. The van der Waals surface area contributed by atoms with Gasteiger partial charge in [0.2, 0.25) is 17.3 Å². The number of nitrogens with one attached hydrogen (secondary N) is 2. The van der Waals surface area contributed by atoms with Gasteiger partial charge in [0.05, 0.1) is 50.0 Å². The molecule has 3 heterocycles. The highest BCUT2D eigenvalue weighted by molar-refractivity contribution is 6.15. The number of methoxy groups -OCH3 is 3. The molecule has 0 saturated carbocycles. The first-order valence-electron chi connectivity index (χ1n) is 21.0. The SMILES string of the molecule is CCC(CC(CNC(=O)c1cc(OC)c(OC)c(OC)c1)c1ccccc1)N1CCC(C(=O)c2nc3c(C(=O)c4nc5ccccc5n4CCOCC(F)(F)F)cccc3[nH]2)CC1. The number of hydrogen-bond donors (Lipinski definition) is 2. The zero-order chi connectivity index (χ0) is 44.7. The number of Topliss-reactive ketones (excluding diaryl/α,β-unsaturated/α-hetero) is 1. The molecule has 6 aromatic rings. The third-order valence-electron chi connectivity index (χ3n) is 11.7. The third kappa shape index (κ3) is 10.2. The second-order valence-corrected chi connectivity index (χ2v) is 15.6. The van der Waals surface area contributed by atoms with E-state index >= 15 is 0 Å². The molecular formula is C47H51F3N6O7. The molecule has 0 spiro atoms. The van der Waals surface area contributed by atoms with Crippen LogP contribution >= 0.6 is 0 Å². The number of rotatable bonds is 19. The summed E-state index contributed by atoms with van der Waals surface area (Å²) >= 11 is 0. The van der Waals surface area contributed by atoms with Gasteiger partial charge in [0.1, 0.15) is 12.1 Å². The molecule has 1 aliphatic heterocycles. The second kappa shape index (κ2) is 19.8. The summed E-state index contributed by atoms with van der Waals surface area (Å²) in [4.78, 5) is 56.5. The second-order valence-electron chi connectivity index (χ2n) is 15.6. The van der Waals surface area contributed by atoms with E-state index in [-0.39, 0.29) is 59.9 Å². The lowest BCUT2D eigenvalue weighted by atomic mass is 9.87. The molecule has 0 aliphatic carbocycles. The minimum atomic E-state index is -4.48. The number of para-hydroxylation sites is 3. The van der Waals surface area contributed by atoms with Gasteiger partial charge in [-0.1, -0.05) is 55.5 Å². The van der Waals surface area contributed by atoms with Crippen molar-refractivity contribution in [1.29, 1.82) is 0 Å². The van der Waals surface area contributed by atoms with Gasteiger partial charge >= 0.3 is 6.18 Å². The normalized spacial score (nSPS) is 14.7. The molecule has 2 unspecified atom stereocenters. The predicted octanol–water partition coefficient (Wildman–Crippen LogP) is 8.03. The lowest BCUT2D eigenvalue weighted by Gasteiger charge is -2.38. The summed E-state index contributed by atoms with van der Waals surface area (Å²) < 4.78 is 61.1. The maximum absolute atomic E-state index is 14.1. The Balaban J connectivity index is 1.02. The van der Waals surface area contributed by atoms with Crippen molar-refractivity contribution in [2.75, 3.05) is 54.2 Å². The van der Waals surface area contributed by atoms with Gasteiger partial charge in [-0.2, -0.15) is 13.2 Å². The van der Waals surface area contributed by atoms with E-state index in [1.807, 2.05) is 18.2 Å². The van der Waals surface area contributed by atoms with Crippen molar-refractivity contribution in [3.05, 3.63) is 113 Å². The van der Waals surface area contributed by atoms with E-state index in [9.17, 15) is 27.6 Å². The van der Waals surface area contributed by atoms with Gasteiger partial charge < -0.3 is 38.7 Å². The fraction of sp³-hybridized carbons (Fsp3) is 0.383. The first-order valence-corrected chi connectivity index (χ1v) is 21.0. The van der Waals surface area contributed by atoms with Crippen LogP contribution in [-0.2, 0) is 11.3 Å². The minimum absolute atomic E-state index is 0.00751. The van der Waals surface area contributed by atoms with E-state index in [4.69, 9.17) is 18.9 Å². The molecule has 63 heavy (non-hydrogen) atoms. The highest BCUT2D eigenvalue weighted by Crippen LogP contribution is 2.38. The van der Waals surface area contributed by atoms with Gasteiger partial charge in [-0.05, 0) is 80.7 Å². The summed E-state index contributed by atoms with van der Waals surface area (Å²) in [6.07, 6.45) is -1.59. The fourth-order valence-corrected chi connectivity index (χ4v) is 8.49. The quantitative estimate of drug-likeness (QED) is 0.0606. The highest BCUT2D eigenvalue weighted by atomic mass is 19.4. The number of hydrogen-bond acceptors (Lipinski definition) is 10. The average molecular weight is 869 g/mol. The molecule has 0 radical (unpaired) electrons. The fourth-order valence-electron chi connectivity index (χ4n) is 8.49. The molecule has 2 N–H and O–H groups in total. The number of ketones is 2. The third-order valence-corrected chi connectivity index (χ3v) is 11.7. The van der Waals surface area contributed by atoms with Crippen LogP contribution in [0.3, 0.4) is 0 Å². The summed E-state index contributed by atoms with van der Waals surface area (Å²) in [5.41, 5.74) is 3.61. The molecular weight excluding hydrogens is 818 g/mol. The van der Waals surface area contributed by atoms with Crippen molar-refractivity contribution >= 4 is 39.5 Å². The van der Waals surface area contributed by atoms with Gasteiger partial charge in [-0.15, -0.1) is 0 Å². The number of ether oxygens (including phenoxy) is 4. The summed E-state index contributed by atoms with van der Waals surface area (Å²) in [5.74, 6) is 0.212. The highest BCUT2D eigenvalue weighted by Gasteiger charge is 2.33. The first kappa shape index (κ1) is 44.8. The number of piperidine rings is 1. The average Bonchev–Trinajstić information content (AvgIpc) is 3.91. The Hall–Kier alpha value is -6.26. The molecule has 1 saturated heterocycles. The number of carbonyl (C=O) groups excluding carboxylic acids is 3. The minimum Gasteiger partial charge on any atom is -0.493 e. The standard InChI is InChI=1S/C47H51F3N6O7/c1-5-33(24-32(29-12-7-6-8-13-29)27-51-46(59)31-25-38(60-2)43(62-4)39(26-31)61-3)55-20-18-30(19-21-55)41(57)44-52-36-16-11-14-34(40(36)54-44)42(58)45-53-35-15-9-10-17-37(35)56(45)22-23-63-28-47(48,49)50/h6-17,25-26,30,32-33H,5,18-24,27-28H2,1-4H3,(H,51,59)(H,52,54). The van der Waals surface area contributed by atoms with Crippen molar-refractivity contribution in [1.82, 2.24) is 29.7 Å². The number of H-pyrrole nitrogens is 1. The molecule has 1 fully saturated rings. The van der Waals surface area contributed by atoms with Crippen molar-refractivity contribution in [3.63, 3.8) is 0 Å². The molecule has 2 aromatic heterocycles. The summed E-state index contributed by atoms with van der Waals surface area (Å²) in [6, 6.07) is 25.6. The molecule has 16 heteroatoms. The monoisotopic (exact) mass is 868 g/mol. The van der Waals surface area contributed by atoms with Crippen LogP contribution in [0.2, 0.25) is 0 Å². The molecule has 2 atom stereocenters. The van der Waals surface area contributed by atoms with Crippen LogP contribution in [0.25, 0.3) is 22.1 Å². The Bertz CT molecular complexity index is 2520. The molecule has 13 nitrogen and oxygen atoms in total. The topological polar surface area (TPSA) is 150 Å². The smallest absolute Gasteiger partial charge is 0.411 e. The zero-order valence-electron chi connectivity index (χ0n) is 35.7. The van der Waals surface area contributed by atoms with E-state index in [0.29, 0.717) is 77.4 Å². The summed E-state index contributed by atoms with van der Waals surface area (Å²) in [5, 5.41) is 3.14. The van der Waals surface area contributed by atoms with E-state index in [1.165, 1.54) is 21.3 Å². The number of imidazole rings is 2. The first-order chi connectivity index (χ1) is 30.4. The number of halogens is 3. The molecule has 4 aromatic carbocycles. The number of likely N-dealkylation sites (tertiary alicyclic amines) is 1. The number of nitrogens with zero attached hydrogens (tertiary/aromatic N) is 4. The Kier molecular flexibility index (Phi) is 14.1. The molecule has 7 rings (SSSR count). The van der Waals surface area contributed by atoms with Crippen LogP contribution in [0.5, 0.6) is 17.2 Å².